The number of carboxylic acid groups (broad SMARTS) is 1. The van der Waals surface area contributed by atoms with Gasteiger partial charge in [-0.2, -0.15) is 0 Å². The van der Waals surface area contributed by atoms with Gasteiger partial charge in [0.25, 0.3) is 5.91 Å². The third kappa shape index (κ3) is 4.51. The molecule has 0 saturated carbocycles. The number of para-hydroxylation sites is 2. The second-order valence-electron chi connectivity index (χ2n) is 7.28. The van der Waals surface area contributed by atoms with E-state index in [1.165, 1.54) is 25.3 Å². The Bertz CT molecular complexity index is 1310. The first-order valence-electron chi connectivity index (χ1n) is 10.2. The van der Waals surface area contributed by atoms with Crippen molar-refractivity contribution in [2.45, 2.75) is 0 Å². The lowest BCUT2D eigenvalue weighted by atomic mass is 10.2. The van der Waals surface area contributed by atoms with E-state index in [1.54, 1.807) is 59.3 Å². The zero-order valence-electron chi connectivity index (χ0n) is 18.0. The lowest BCUT2D eigenvalue weighted by Crippen LogP contribution is -2.38. The van der Waals surface area contributed by atoms with E-state index < -0.39 is 30.4 Å². The summed E-state index contributed by atoms with van der Waals surface area (Å²) in [7, 11) is 1.47. The number of carbonyl (C=O) groups is 4. The second kappa shape index (κ2) is 9.33. The number of hydrogen-bond donors (Lipinski definition) is 3. The van der Waals surface area contributed by atoms with Gasteiger partial charge in [-0.05, 0) is 54.6 Å². The fraction of sp³-hybridized carbons (Fsp3) is 0.0833. The van der Waals surface area contributed by atoms with Crippen LogP contribution in [0.1, 0.15) is 16.1 Å². The SMILES string of the molecule is COc1ccccc1NC(=O)CN1C(=O)N/C(=C/c2cccn2-c2ccc(C(=O)O)cc2)C1=O. The Balaban J connectivity index is 1.50. The highest BCUT2D eigenvalue weighted by molar-refractivity contribution is 6.16. The quantitative estimate of drug-likeness (QED) is 0.367. The van der Waals surface area contributed by atoms with Crippen LogP contribution in [0.5, 0.6) is 5.75 Å². The summed E-state index contributed by atoms with van der Waals surface area (Å²) in [5, 5.41) is 14.2. The molecule has 0 radical (unpaired) electrons. The number of nitrogens with one attached hydrogen (secondary N) is 2. The molecule has 0 aliphatic carbocycles. The normalized spacial score (nSPS) is 14.3. The molecule has 0 spiro atoms. The van der Waals surface area contributed by atoms with E-state index in [0.717, 1.165) is 4.90 Å². The molecule has 1 saturated heterocycles. The Morgan fingerprint density at radius 1 is 1.06 bits per heavy atom. The number of anilines is 1. The monoisotopic (exact) mass is 460 g/mol. The number of carboxylic acids is 1. The van der Waals surface area contributed by atoms with Crippen LogP contribution >= 0.6 is 0 Å². The van der Waals surface area contributed by atoms with Crippen molar-refractivity contribution in [3.05, 3.63) is 83.8 Å². The number of nitrogens with zero attached hydrogens (tertiary/aromatic N) is 2. The standard InChI is InChI=1S/C24H20N4O6/c1-34-20-7-3-2-6-18(20)25-21(29)14-28-22(30)19(26-24(28)33)13-17-5-4-12-27(17)16-10-8-15(9-11-16)23(31)32/h2-13H,14H2,1H3,(H,25,29)(H,26,33)(H,31,32)/b19-13+. The number of methoxy groups -OCH3 is 1. The lowest BCUT2D eigenvalue weighted by Gasteiger charge is -2.13. The van der Waals surface area contributed by atoms with Gasteiger partial charge in [0.15, 0.2) is 0 Å². The second-order valence-corrected chi connectivity index (χ2v) is 7.28. The summed E-state index contributed by atoms with van der Waals surface area (Å²) in [5.41, 5.74) is 1.83. The largest absolute Gasteiger partial charge is 0.495 e. The van der Waals surface area contributed by atoms with E-state index in [-0.39, 0.29) is 11.3 Å². The van der Waals surface area contributed by atoms with Crippen LogP contribution in [0.25, 0.3) is 11.8 Å². The van der Waals surface area contributed by atoms with Crippen molar-refractivity contribution in [1.29, 1.82) is 0 Å². The molecule has 10 nitrogen and oxygen atoms in total. The summed E-state index contributed by atoms with van der Waals surface area (Å²) < 4.78 is 6.92. The smallest absolute Gasteiger partial charge is 0.335 e. The molecular formula is C24H20N4O6. The Morgan fingerprint density at radius 3 is 2.50 bits per heavy atom. The number of amides is 4. The minimum Gasteiger partial charge on any atom is -0.495 e. The number of benzene rings is 2. The van der Waals surface area contributed by atoms with Gasteiger partial charge in [-0.1, -0.05) is 12.1 Å². The van der Waals surface area contributed by atoms with Crippen molar-refractivity contribution in [2.75, 3.05) is 19.0 Å². The van der Waals surface area contributed by atoms with E-state index >= 15 is 0 Å². The molecule has 3 aromatic rings. The third-order valence-corrected chi connectivity index (χ3v) is 5.11. The molecule has 0 bridgehead atoms. The maximum absolute atomic E-state index is 12.8. The number of imide groups is 1. The van der Waals surface area contributed by atoms with Crippen molar-refractivity contribution >= 4 is 35.6 Å². The van der Waals surface area contributed by atoms with Gasteiger partial charge >= 0.3 is 12.0 Å². The molecule has 3 N–H and O–H groups in total. The van der Waals surface area contributed by atoms with Gasteiger partial charge in [0, 0.05) is 17.6 Å². The topological polar surface area (TPSA) is 130 Å². The first-order chi connectivity index (χ1) is 16.4. The van der Waals surface area contributed by atoms with Gasteiger partial charge < -0.3 is 25.0 Å². The van der Waals surface area contributed by atoms with E-state index in [2.05, 4.69) is 10.6 Å². The molecule has 34 heavy (non-hydrogen) atoms. The number of aromatic nitrogens is 1. The predicted octanol–water partition coefficient (Wildman–Crippen LogP) is 2.72. The van der Waals surface area contributed by atoms with E-state index in [4.69, 9.17) is 9.84 Å². The molecular weight excluding hydrogens is 440 g/mol. The fourth-order valence-corrected chi connectivity index (χ4v) is 3.46. The lowest BCUT2D eigenvalue weighted by molar-refractivity contribution is -0.127. The number of aromatic carboxylic acids is 1. The number of carbonyl (C=O) groups excluding carboxylic acids is 3. The van der Waals surface area contributed by atoms with Crippen LogP contribution in [-0.2, 0) is 9.59 Å². The maximum Gasteiger partial charge on any atom is 0.335 e. The third-order valence-electron chi connectivity index (χ3n) is 5.11. The summed E-state index contributed by atoms with van der Waals surface area (Å²) in [6.45, 7) is -0.474. The summed E-state index contributed by atoms with van der Waals surface area (Å²) >= 11 is 0. The van der Waals surface area contributed by atoms with Crippen LogP contribution in [-0.4, -0.2) is 52.0 Å². The van der Waals surface area contributed by atoms with E-state index in [0.29, 0.717) is 22.8 Å². The molecule has 0 unspecified atom stereocenters. The van der Waals surface area contributed by atoms with Crippen molar-refractivity contribution in [3.63, 3.8) is 0 Å². The summed E-state index contributed by atoms with van der Waals surface area (Å²) in [6, 6.07) is 15.8. The van der Waals surface area contributed by atoms with Gasteiger partial charge in [0.2, 0.25) is 5.91 Å². The molecule has 1 aliphatic heterocycles. The molecule has 4 rings (SSSR count). The van der Waals surface area contributed by atoms with Gasteiger partial charge in [-0.25, -0.2) is 14.5 Å². The zero-order valence-corrected chi connectivity index (χ0v) is 18.0. The van der Waals surface area contributed by atoms with E-state index in [9.17, 15) is 19.2 Å². The minimum absolute atomic E-state index is 0.0113. The van der Waals surface area contributed by atoms with Crippen molar-refractivity contribution in [2.24, 2.45) is 0 Å². The Labute approximate surface area is 194 Å². The van der Waals surface area contributed by atoms with E-state index in [1.807, 2.05) is 0 Å². The van der Waals surface area contributed by atoms with Gasteiger partial charge in [0.05, 0.1) is 18.4 Å². The highest BCUT2D eigenvalue weighted by Crippen LogP contribution is 2.23. The predicted molar refractivity (Wildman–Crippen MR) is 123 cm³/mol. The molecule has 0 atom stereocenters. The molecule has 1 aromatic heterocycles. The molecule has 172 valence electrons. The van der Waals surface area contributed by atoms with Crippen LogP contribution < -0.4 is 15.4 Å². The van der Waals surface area contributed by atoms with Crippen LogP contribution in [0.4, 0.5) is 10.5 Å². The van der Waals surface area contributed by atoms with Crippen molar-refractivity contribution in [3.8, 4) is 11.4 Å². The molecule has 10 heteroatoms. The molecule has 2 heterocycles. The molecule has 1 aliphatic rings. The first-order valence-corrected chi connectivity index (χ1v) is 10.2. The van der Waals surface area contributed by atoms with Crippen LogP contribution in [0.2, 0.25) is 0 Å². The van der Waals surface area contributed by atoms with Crippen LogP contribution in [0.3, 0.4) is 0 Å². The first kappa shape index (κ1) is 22.3. The fourth-order valence-electron chi connectivity index (χ4n) is 3.46. The van der Waals surface area contributed by atoms with Gasteiger partial charge in [0.1, 0.15) is 18.0 Å². The summed E-state index contributed by atoms with van der Waals surface area (Å²) in [5.74, 6) is -1.79. The van der Waals surface area contributed by atoms with Gasteiger partial charge in [-0.15, -0.1) is 0 Å². The van der Waals surface area contributed by atoms with Gasteiger partial charge in [-0.3, -0.25) is 9.59 Å². The highest BCUT2D eigenvalue weighted by Gasteiger charge is 2.35. The number of hydrogen-bond acceptors (Lipinski definition) is 5. The molecule has 4 amide bonds. The average Bonchev–Trinajstić information content (AvgIpc) is 3.39. The molecule has 1 fully saturated rings. The Morgan fingerprint density at radius 2 is 1.79 bits per heavy atom. The van der Waals surface area contributed by atoms with Crippen LogP contribution in [0, 0.1) is 0 Å². The number of rotatable bonds is 7. The minimum atomic E-state index is -1.03. The number of urea groups is 1. The zero-order chi connectivity index (χ0) is 24.2. The maximum atomic E-state index is 12.8. The van der Waals surface area contributed by atoms with Crippen molar-refractivity contribution < 1.29 is 29.0 Å². The Kier molecular flexibility index (Phi) is 6.13. The number of ether oxygens (including phenoxy) is 1. The van der Waals surface area contributed by atoms with Crippen molar-refractivity contribution in [1.82, 2.24) is 14.8 Å². The highest BCUT2D eigenvalue weighted by atomic mass is 16.5. The Hall–Kier alpha value is -4.86. The summed E-state index contributed by atoms with van der Waals surface area (Å²) in [4.78, 5) is 49.5. The van der Waals surface area contributed by atoms with Crippen LogP contribution in [0.15, 0.2) is 72.6 Å². The summed E-state index contributed by atoms with van der Waals surface area (Å²) in [6.07, 6.45) is 3.23. The average molecular weight is 460 g/mol. The molecule has 2 aromatic carbocycles.